The van der Waals surface area contributed by atoms with Gasteiger partial charge in [0.05, 0.1) is 24.0 Å². The quantitative estimate of drug-likeness (QED) is 0.607. The van der Waals surface area contributed by atoms with Gasteiger partial charge >= 0.3 is 0 Å². The highest BCUT2D eigenvalue weighted by Crippen LogP contribution is 2.45. The number of fused-ring (bicyclic) bond motifs is 1. The molecule has 0 aromatic heterocycles. The molecule has 0 spiro atoms. The zero-order chi connectivity index (χ0) is 20.4. The molecule has 0 radical (unpaired) electrons. The van der Waals surface area contributed by atoms with Crippen molar-refractivity contribution in [2.45, 2.75) is 52.5 Å². The summed E-state index contributed by atoms with van der Waals surface area (Å²) in [5.74, 6) is 1.09. The average Bonchev–Trinajstić information content (AvgIpc) is 2.84. The standard InChI is InChI=1S/C25H30N2O2/c1-4-5-14-29-18-12-10-17(11-13-18)24-23-21(15-25(2,3)16-22(23)28)26-19-8-6-7-9-20(19)27-24/h6-13,24,26-27H,4-5,14-16H2,1-3H3/t24-/m1/s1. The third kappa shape index (κ3) is 4.16. The van der Waals surface area contributed by atoms with Gasteiger partial charge < -0.3 is 15.4 Å². The Balaban J connectivity index is 1.71. The molecule has 0 amide bonds. The lowest BCUT2D eigenvalue weighted by molar-refractivity contribution is -0.118. The lowest BCUT2D eigenvalue weighted by atomic mass is 9.73. The minimum atomic E-state index is -0.172. The second-order valence-corrected chi connectivity index (χ2v) is 8.85. The summed E-state index contributed by atoms with van der Waals surface area (Å²) in [6.07, 6.45) is 3.60. The van der Waals surface area contributed by atoms with Gasteiger partial charge in [0.15, 0.2) is 5.78 Å². The van der Waals surface area contributed by atoms with E-state index in [4.69, 9.17) is 4.74 Å². The van der Waals surface area contributed by atoms with Crippen LogP contribution < -0.4 is 15.4 Å². The van der Waals surface area contributed by atoms with Gasteiger partial charge in [-0.3, -0.25) is 4.79 Å². The van der Waals surface area contributed by atoms with Gasteiger partial charge in [-0.1, -0.05) is 51.5 Å². The first kappa shape index (κ1) is 19.6. The van der Waals surface area contributed by atoms with Crippen molar-refractivity contribution in [3.8, 4) is 5.75 Å². The fraction of sp³-hybridized carbons (Fsp3) is 0.400. The maximum atomic E-state index is 13.2. The summed E-state index contributed by atoms with van der Waals surface area (Å²) in [6.45, 7) is 7.22. The molecular weight excluding hydrogens is 360 g/mol. The van der Waals surface area contributed by atoms with Crippen LogP contribution in [0.25, 0.3) is 0 Å². The van der Waals surface area contributed by atoms with Crippen LogP contribution in [0.1, 0.15) is 58.1 Å². The van der Waals surface area contributed by atoms with Crippen LogP contribution in [0.3, 0.4) is 0 Å². The number of rotatable bonds is 5. The number of unbranched alkanes of at least 4 members (excludes halogenated alkanes) is 1. The van der Waals surface area contributed by atoms with Gasteiger partial charge in [-0.05, 0) is 48.1 Å². The summed E-state index contributed by atoms with van der Waals surface area (Å²) in [5, 5.41) is 7.19. The first-order valence-corrected chi connectivity index (χ1v) is 10.6. The summed E-state index contributed by atoms with van der Waals surface area (Å²) < 4.78 is 5.81. The smallest absolute Gasteiger partial charge is 0.163 e. The Bertz CT molecular complexity index is 928. The average molecular weight is 391 g/mol. The molecule has 4 nitrogen and oxygen atoms in total. The van der Waals surface area contributed by atoms with Gasteiger partial charge in [0, 0.05) is 17.7 Å². The van der Waals surface area contributed by atoms with Gasteiger partial charge in [0.1, 0.15) is 5.75 Å². The Labute approximate surface area is 173 Å². The fourth-order valence-electron chi connectivity index (χ4n) is 4.23. The zero-order valence-corrected chi connectivity index (χ0v) is 17.5. The van der Waals surface area contributed by atoms with E-state index in [2.05, 4.69) is 55.7 Å². The summed E-state index contributed by atoms with van der Waals surface area (Å²) in [6, 6.07) is 16.2. The van der Waals surface area contributed by atoms with Crippen LogP contribution in [-0.2, 0) is 4.79 Å². The Morgan fingerprint density at radius 1 is 1.03 bits per heavy atom. The van der Waals surface area contributed by atoms with Crippen molar-refractivity contribution in [1.82, 2.24) is 0 Å². The number of allylic oxidation sites excluding steroid dienone is 1. The first-order chi connectivity index (χ1) is 14.0. The van der Waals surface area contributed by atoms with E-state index < -0.39 is 0 Å². The summed E-state index contributed by atoms with van der Waals surface area (Å²) >= 11 is 0. The van der Waals surface area contributed by atoms with Crippen LogP contribution in [0.15, 0.2) is 59.8 Å². The monoisotopic (exact) mass is 390 g/mol. The van der Waals surface area contributed by atoms with Crippen molar-refractivity contribution in [3.63, 3.8) is 0 Å². The number of Topliss-reactive ketones (excluding diaryl/α,β-unsaturated/α-hetero) is 1. The number of ether oxygens (including phenoxy) is 1. The Morgan fingerprint density at radius 2 is 1.76 bits per heavy atom. The molecule has 2 aromatic carbocycles. The van der Waals surface area contributed by atoms with E-state index in [0.717, 1.165) is 59.8 Å². The predicted octanol–water partition coefficient (Wildman–Crippen LogP) is 6.09. The van der Waals surface area contributed by atoms with Gasteiger partial charge in [-0.2, -0.15) is 0 Å². The van der Waals surface area contributed by atoms with Gasteiger partial charge in [-0.15, -0.1) is 0 Å². The molecule has 1 aliphatic heterocycles. The molecule has 4 rings (SSSR count). The number of hydrogen-bond donors (Lipinski definition) is 2. The predicted molar refractivity (Wildman–Crippen MR) is 118 cm³/mol. The number of carbonyl (C=O) groups excluding carboxylic acids is 1. The van der Waals surface area contributed by atoms with Crippen LogP contribution in [0.5, 0.6) is 5.75 Å². The minimum Gasteiger partial charge on any atom is -0.494 e. The summed E-state index contributed by atoms with van der Waals surface area (Å²) in [7, 11) is 0. The van der Waals surface area contributed by atoms with Crippen molar-refractivity contribution < 1.29 is 9.53 Å². The maximum Gasteiger partial charge on any atom is 0.163 e. The molecule has 1 aliphatic carbocycles. The number of ketones is 1. The topological polar surface area (TPSA) is 50.4 Å². The molecule has 152 valence electrons. The van der Waals surface area contributed by atoms with E-state index in [1.807, 2.05) is 24.3 Å². The first-order valence-electron chi connectivity index (χ1n) is 10.6. The van der Waals surface area contributed by atoms with E-state index in [-0.39, 0.29) is 17.2 Å². The van der Waals surface area contributed by atoms with Crippen molar-refractivity contribution in [2.75, 3.05) is 17.2 Å². The third-order valence-corrected chi connectivity index (χ3v) is 5.70. The lowest BCUT2D eigenvalue weighted by Gasteiger charge is -2.34. The second kappa shape index (κ2) is 7.94. The number of para-hydroxylation sites is 2. The van der Waals surface area contributed by atoms with Gasteiger partial charge in [0.2, 0.25) is 0 Å². The van der Waals surface area contributed by atoms with Crippen molar-refractivity contribution in [3.05, 3.63) is 65.4 Å². The SMILES string of the molecule is CCCCOc1ccc([C@H]2Nc3ccccc3NC3=C2C(=O)CC(C)(C)C3)cc1. The van der Waals surface area contributed by atoms with Crippen LogP contribution in [-0.4, -0.2) is 12.4 Å². The molecule has 4 heteroatoms. The molecule has 1 atom stereocenters. The highest BCUT2D eigenvalue weighted by atomic mass is 16.5. The van der Waals surface area contributed by atoms with Crippen LogP contribution in [0.4, 0.5) is 11.4 Å². The lowest BCUT2D eigenvalue weighted by Crippen LogP contribution is -2.31. The molecular formula is C25H30N2O2. The maximum absolute atomic E-state index is 13.2. The van der Waals surface area contributed by atoms with E-state index in [1.165, 1.54) is 0 Å². The minimum absolute atomic E-state index is 0.0380. The van der Waals surface area contributed by atoms with Crippen molar-refractivity contribution >= 4 is 17.2 Å². The normalized spacial score (nSPS) is 20.1. The Hall–Kier alpha value is -2.75. The van der Waals surface area contributed by atoms with E-state index >= 15 is 0 Å². The number of carbonyl (C=O) groups is 1. The molecule has 29 heavy (non-hydrogen) atoms. The molecule has 0 saturated heterocycles. The molecule has 2 N–H and O–H groups in total. The van der Waals surface area contributed by atoms with E-state index in [9.17, 15) is 4.79 Å². The number of hydrogen-bond acceptors (Lipinski definition) is 4. The molecule has 2 aliphatic rings. The van der Waals surface area contributed by atoms with Crippen LogP contribution >= 0.6 is 0 Å². The van der Waals surface area contributed by atoms with E-state index in [0.29, 0.717) is 6.42 Å². The third-order valence-electron chi connectivity index (χ3n) is 5.70. The molecule has 0 bridgehead atoms. The largest absolute Gasteiger partial charge is 0.494 e. The molecule has 0 unspecified atom stereocenters. The Morgan fingerprint density at radius 3 is 2.48 bits per heavy atom. The van der Waals surface area contributed by atoms with Gasteiger partial charge in [0.25, 0.3) is 0 Å². The van der Waals surface area contributed by atoms with Crippen molar-refractivity contribution in [1.29, 1.82) is 0 Å². The number of anilines is 2. The zero-order valence-electron chi connectivity index (χ0n) is 17.5. The van der Waals surface area contributed by atoms with Crippen LogP contribution in [0, 0.1) is 5.41 Å². The highest BCUT2D eigenvalue weighted by Gasteiger charge is 2.38. The van der Waals surface area contributed by atoms with Crippen molar-refractivity contribution in [2.24, 2.45) is 5.41 Å². The molecule has 2 aromatic rings. The highest BCUT2D eigenvalue weighted by molar-refractivity contribution is 6.01. The number of benzene rings is 2. The van der Waals surface area contributed by atoms with Gasteiger partial charge in [-0.25, -0.2) is 0 Å². The fourth-order valence-corrected chi connectivity index (χ4v) is 4.23. The van der Waals surface area contributed by atoms with E-state index in [1.54, 1.807) is 0 Å². The summed E-state index contributed by atoms with van der Waals surface area (Å²) in [5.41, 5.74) is 4.97. The van der Waals surface area contributed by atoms with Crippen LogP contribution in [0.2, 0.25) is 0 Å². The molecule has 0 fully saturated rings. The summed E-state index contributed by atoms with van der Waals surface area (Å²) in [4.78, 5) is 13.2. The number of nitrogens with one attached hydrogen (secondary N) is 2. The second-order valence-electron chi connectivity index (χ2n) is 8.85. The molecule has 1 heterocycles. The Kier molecular flexibility index (Phi) is 5.35. The molecule has 0 saturated carbocycles.